The van der Waals surface area contributed by atoms with E-state index in [0.29, 0.717) is 5.92 Å². The van der Waals surface area contributed by atoms with E-state index >= 15 is 0 Å². The Labute approximate surface area is 114 Å². The first kappa shape index (κ1) is 12.5. The summed E-state index contributed by atoms with van der Waals surface area (Å²) in [6.07, 6.45) is 6.44. The number of ether oxygens (including phenoxy) is 1. The zero-order valence-corrected chi connectivity index (χ0v) is 11.7. The van der Waals surface area contributed by atoms with Gasteiger partial charge in [-0.1, -0.05) is 43.5 Å². The molecule has 1 nitrogen and oxygen atoms in total. The van der Waals surface area contributed by atoms with Gasteiger partial charge in [-0.05, 0) is 48.8 Å². The lowest BCUT2D eigenvalue weighted by Crippen LogP contribution is -2.38. The van der Waals surface area contributed by atoms with Gasteiger partial charge in [-0.3, -0.25) is 0 Å². The summed E-state index contributed by atoms with van der Waals surface area (Å²) < 4.78 is 5.92. The highest BCUT2D eigenvalue weighted by Crippen LogP contribution is 2.52. The molecule has 1 aromatic carbocycles. The van der Waals surface area contributed by atoms with Crippen LogP contribution in [0.2, 0.25) is 5.02 Å². The number of halogens is 1. The predicted octanol–water partition coefficient (Wildman–Crippen LogP) is 4.48. The standard InChI is InChI=1S/C16H21ClO/c1-2-13-4-3-5-14(16(13)11-18-16)10-12-6-8-15(17)9-7-12/h6-9,13-14H,2-5,10-11H2,1H3. The van der Waals surface area contributed by atoms with Crippen LogP contribution in [-0.4, -0.2) is 12.2 Å². The van der Waals surface area contributed by atoms with Crippen LogP contribution >= 0.6 is 11.6 Å². The summed E-state index contributed by atoms with van der Waals surface area (Å²) in [7, 11) is 0. The summed E-state index contributed by atoms with van der Waals surface area (Å²) >= 11 is 5.94. The smallest absolute Gasteiger partial charge is 0.0975 e. The molecule has 98 valence electrons. The van der Waals surface area contributed by atoms with Gasteiger partial charge in [0.25, 0.3) is 0 Å². The van der Waals surface area contributed by atoms with Crippen LogP contribution in [0.1, 0.15) is 38.2 Å². The largest absolute Gasteiger partial charge is 0.369 e. The number of hydrogen-bond donors (Lipinski definition) is 0. The lowest BCUT2D eigenvalue weighted by atomic mass is 9.69. The monoisotopic (exact) mass is 264 g/mol. The fraction of sp³-hybridized carbons (Fsp3) is 0.625. The van der Waals surface area contributed by atoms with Crippen molar-refractivity contribution >= 4 is 11.6 Å². The van der Waals surface area contributed by atoms with Crippen LogP contribution < -0.4 is 0 Å². The van der Waals surface area contributed by atoms with E-state index in [9.17, 15) is 0 Å². The normalized spacial score (nSPS) is 34.8. The number of hydrogen-bond acceptors (Lipinski definition) is 1. The predicted molar refractivity (Wildman–Crippen MR) is 75.0 cm³/mol. The molecule has 2 heteroatoms. The lowest BCUT2D eigenvalue weighted by Gasteiger charge is -2.36. The molecule has 3 atom stereocenters. The molecule has 3 rings (SSSR count). The van der Waals surface area contributed by atoms with Crippen molar-refractivity contribution in [2.45, 2.75) is 44.6 Å². The maximum atomic E-state index is 5.94. The Morgan fingerprint density at radius 3 is 2.50 bits per heavy atom. The zero-order valence-electron chi connectivity index (χ0n) is 11.0. The Morgan fingerprint density at radius 1 is 1.22 bits per heavy atom. The van der Waals surface area contributed by atoms with Gasteiger partial charge >= 0.3 is 0 Å². The Hall–Kier alpha value is -0.530. The van der Waals surface area contributed by atoms with E-state index < -0.39 is 0 Å². The first-order chi connectivity index (χ1) is 8.74. The maximum Gasteiger partial charge on any atom is 0.0975 e. The van der Waals surface area contributed by atoms with Gasteiger partial charge in [0, 0.05) is 5.02 Å². The molecule has 1 aliphatic carbocycles. The van der Waals surface area contributed by atoms with Crippen LogP contribution in [-0.2, 0) is 11.2 Å². The molecule has 0 amide bonds. The Balaban J connectivity index is 1.74. The molecule has 1 aromatic rings. The second-order valence-corrected chi connectivity index (χ2v) is 6.24. The molecule has 18 heavy (non-hydrogen) atoms. The van der Waals surface area contributed by atoms with Gasteiger partial charge in [0.15, 0.2) is 0 Å². The highest BCUT2D eigenvalue weighted by molar-refractivity contribution is 6.30. The van der Waals surface area contributed by atoms with Gasteiger partial charge < -0.3 is 4.74 Å². The molecule has 3 unspecified atom stereocenters. The van der Waals surface area contributed by atoms with Crippen LogP contribution in [0.4, 0.5) is 0 Å². The molecule has 1 saturated carbocycles. The molecule has 1 saturated heterocycles. The molecular formula is C16H21ClO. The van der Waals surface area contributed by atoms with Crippen molar-refractivity contribution in [3.8, 4) is 0 Å². The van der Waals surface area contributed by atoms with E-state index in [4.69, 9.17) is 16.3 Å². The molecule has 0 N–H and O–H groups in total. The van der Waals surface area contributed by atoms with E-state index in [0.717, 1.165) is 24.0 Å². The molecule has 1 spiro atoms. The molecule has 0 aromatic heterocycles. The van der Waals surface area contributed by atoms with Gasteiger partial charge in [0.05, 0.1) is 12.2 Å². The van der Waals surface area contributed by atoms with Gasteiger partial charge in [-0.15, -0.1) is 0 Å². The van der Waals surface area contributed by atoms with Gasteiger partial charge in [0.1, 0.15) is 0 Å². The summed E-state index contributed by atoms with van der Waals surface area (Å²) in [6.45, 7) is 3.29. The van der Waals surface area contributed by atoms with Crippen LogP contribution in [0.15, 0.2) is 24.3 Å². The summed E-state index contributed by atoms with van der Waals surface area (Å²) in [5.74, 6) is 1.49. The molecule has 1 aliphatic heterocycles. The molecule has 1 heterocycles. The van der Waals surface area contributed by atoms with E-state index in [-0.39, 0.29) is 5.60 Å². The van der Waals surface area contributed by atoms with Crippen LogP contribution in [0.5, 0.6) is 0 Å². The van der Waals surface area contributed by atoms with E-state index in [1.807, 2.05) is 12.1 Å². The third kappa shape index (κ3) is 2.19. The van der Waals surface area contributed by atoms with Crippen molar-refractivity contribution in [1.82, 2.24) is 0 Å². The Bertz CT molecular complexity index is 408. The van der Waals surface area contributed by atoms with E-state index in [1.165, 1.54) is 31.2 Å². The molecule has 0 radical (unpaired) electrons. The molecule has 2 fully saturated rings. The summed E-state index contributed by atoms with van der Waals surface area (Å²) in [5.41, 5.74) is 1.63. The van der Waals surface area contributed by atoms with Crippen molar-refractivity contribution in [2.24, 2.45) is 11.8 Å². The first-order valence-electron chi connectivity index (χ1n) is 7.13. The average Bonchev–Trinajstić information content (AvgIpc) is 3.16. The van der Waals surface area contributed by atoms with Crippen LogP contribution in [0.25, 0.3) is 0 Å². The van der Waals surface area contributed by atoms with Crippen molar-refractivity contribution in [2.75, 3.05) is 6.61 Å². The minimum atomic E-state index is 0.229. The Morgan fingerprint density at radius 2 is 1.89 bits per heavy atom. The van der Waals surface area contributed by atoms with Crippen LogP contribution in [0.3, 0.4) is 0 Å². The first-order valence-corrected chi connectivity index (χ1v) is 7.51. The number of benzene rings is 1. The highest BCUT2D eigenvalue weighted by atomic mass is 35.5. The number of epoxide rings is 1. The average molecular weight is 265 g/mol. The minimum Gasteiger partial charge on any atom is -0.369 e. The highest BCUT2D eigenvalue weighted by Gasteiger charge is 2.57. The number of rotatable bonds is 3. The topological polar surface area (TPSA) is 12.5 Å². The summed E-state index contributed by atoms with van der Waals surface area (Å²) in [4.78, 5) is 0. The van der Waals surface area contributed by atoms with Crippen molar-refractivity contribution in [3.63, 3.8) is 0 Å². The Kier molecular flexibility index (Phi) is 3.38. The van der Waals surface area contributed by atoms with Crippen LogP contribution in [0, 0.1) is 11.8 Å². The molecule has 0 bridgehead atoms. The maximum absolute atomic E-state index is 5.94. The van der Waals surface area contributed by atoms with E-state index in [2.05, 4.69) is 19.1 Å². The molecular weight excluding hydrogens is 244 g/mol. The molecule has 2 aliphatic rings. The van der Waals surface area contributed by atoms with Gasteiger partial charge in [0.2, 0.25) is 0 Å². The van der Waals surface area contributed by atoms with Crippen molar-refractivity contribution in [3.05, 3.63) is 34.9 Å². The van der Waals surface area contributed by atoms with Gasteiger partial charge in [-0.2, -0.15) is 0 Å². The fourth-order valence-corrected chi connectivity index (χ4v) is 3.84. The second kappa shape index (κ2) is 4.86. The third-order valence-electron chi connectivity index (χ3n) is 4.85. The fourth-order valence-electron chi connectivity index (χ4n) is 3.72. The summed E-state index contributed by atoms with van der Waals surface area (Å²) in [6, 6.07) is 8.32. The minimum absolute atomic E-state index is 0.229. The van der Waals surface area contributed by atoms with Gasteiger partial charge in [-0.25, -0.2) is 0 Å². The third-order valence-corrected chi connectivity index (χ3v) is 5.11. The van der Waals surface area contributed by atoms with Crippen molar-refractivity contribution in [1.29, 1.82) is 0 Å². The zero-order chi connectivity index (χ0) is 12.6. The summed E-state index contributed by atoms with van der Waals surface area (Å²) in [5, 5.41) is 0.825. The lowest BCUT2D eigenvalue weighted by molar-refractivity contribution is 0.0901. The van der Waals surface area contributed by atoms with E-state index in [1.54, 1.807) is 0 Å². The SMILES string of the molecule is CCC1CCCC(Cc2ccc(Cl)cc2)C12CO2. The quantitative estimate of drug-likeness (QED) is 0.734. The van der Waals surface area contributed by atoms with Crippen molar-refractivity contribution < 1.29 is 4.74 Å². The second-order valence-electron chi connectivity index (χ2n) is 5.81.